The highest BCUT2D eigenvalue weighted by atomic mass is 32.1. The van der Waals surface area contributed by atoms with Crippen LogP contribution in [0.1, 0.15) is 60.3 Å². The summed E-state index contributed by atoms with van der Waals surface area (Å²) in [6.07, 6.45) is 5.10. The molecule has 2 N–H and O–H groups in total. The minimum atomic E-state index is -2.79. The van der Waals surface area contributed by atoms with E-state index >= 15 is 0 Å². The normalized spacial score (nSPS) is 18.0. The average Bonchev–Trinajstić information content (AvgIpc) is 3.74. The molecule has 2 aliphatic heterocycles. The molecule has 4 aromatic rings. The van der Waals surface area contributed by atoms with Gasteiger partial charge in [0.25, 0.3) is 0 Å². The number of piperidine rings is 1. The van der Waals surface area contributed by atoms with Gasteiger partial charge in [0.1, 0.15) is 12.9 Å². The van der Waals surface area contributed by atoms with Gasteiger partial charge in [0.2, 0.25) is 5.95 Å². The van der Waals surface area contributed by atoms with Crippen LogP contribution in [-0.2, 0) is 4.57 Å². The van der Waals surface area contributed by atoms with Gasteiger partial charge < -0.3 is 29.7 Å². The van der Waals surface area contributed by atoms with Crippen LogP contribution >= 0.6 is 18.5 Å². The molecule has 0 saturated carbocycles. The summed E-state index contributed by atoms with van der Waals surface area (Å²) in [7, 11) is -1.08. The van der Waals surface area contributed by atoms with E-state index in [-0.39, 0.29) is 10.8 Å². The van der Waals surface area contributed by atoms with E-state index in [9.17, 15) is 4.57 Å². The Balaban J connectivity index is 1.26. The number of benzene rings is 2. The molecule has 240 valence electrons. The fourth-order valence-corrected chi connectivity index (χ4v) is 11.5. The van der Waals surface area contributed by atoms with Crippen molar-refractivity contribution in [3.05, 3.63) is 53.9 Å². The van der Waals surface area contributed by atoms with Crippen molar-refractivity contribution in [2.24, 2.45) is 0 Å². The highest BCUT2D eigenvalue weighted by Gasteiger charge is 2.42. The van der Waals surface area contributed by atoms with E-state index in [1.807, 2.05) is 35.7 Å². The molecule has 1 unspecified atom stereocenters. The standard InChI is InChI=1S/C35H47N6O2PS/c1-24(2)44(42,35(3,4)5)31-12-8-7-11-28(31)36-33-32-29(17-22-45-32)38-34(39-33)37-27-14-13-26(23-30(27)43-6)41-20-15-25(16-21-41)40-18-9-10-19-40/h7-8,11-14,17,22-25H,9-10,15-16,18-21H2,1-6H3,(H2,36,37,38,39). The Morgan fingerprint density at radius 2 is 1.69 bits per heavy atom. The van der Waals surface area contributed by atoms with Gasteiger partial charge in [-0.3, -0.25) is 0 Å². The quantitative estimate of drug-likeness (QED) is 0.175. The third-order valence-electron chi connectivity index (χ3n) is 9.46. The zero-order valence-electron chi connectivity index (χ0n) is 27.5. The summed E-state index contributed by atoms with van der Waals surface area (Å²) in [5.41, 5.74) is 3.65. The van der Waals surface area contributed by atoms with E-state index < -0.39 is 7.14 Å². The van der Waals surface area contributed by atoms with Crippen LogP contribution in [0.5, 0.6) is 5.75 Å². The largest absolute Gasteiger partial charge is 0.494 e. The van der Waals surface area contributed by atoms with Gasteiger partial charge in [0.15, 0.2) is 5.82 Å². The zero-order chi connectivity index (χ0) is 31.8. The molecule has 2 aromatic heterocycles. The number of anilines is 5. The van der Waals surface area contributed by atoms with E-state index in [1.165, 1.54) is 44.5 Å². The highest BCUT2D eigenvalue weighted by Crippen LogP contribution is 2.61. The molecule has 2 aliphatic rings. The molecular weight excluding hydrogens is 599 g/mol. The summed E-state index contributed by atoms with van der Waals surface area (Å²) in [6.45, 7) is 15.0. The van der Waals surface area contributed by atoms with Gasteiger partial charge in [-0.25, -0.2) is 4.98 Å². The van der Waals surface area contributed by atoms with E-state index in [2.05, 4.69) is 73.3 Å². The Labute approximate surface area is 272 Å². The number of hydrogen-bond acceptors (Lipinski definition) is 9. The highest BCUT2D eigenvalue weighted by molar-refractivity contribution is 7.74. The van der Waals surface area contributed by atoms with E-state index in [0.29, 0.717) is 11.8 Å². The summed E-state index contributed by atoms with van der Waals surface area (Å²) < 4.78 is 21.5. The summed E-state index contributed by atoms with van der Waals surface area (Å²) in [5.74, 6) is 1.91. The fourth-order valence-electron chi connectivity index (χ4n) is 7.11. The number of likely N-dealkylation sites (tertiary alicyclic amines) is 1. The first-order chi connectivity index (χ1) is 21.6. The number of ether oxygens (including phenoxy) is 1. The van der Waals surface area contributed by atoms with Crippen LogP contribution < -0.4 is 25.6 Å². The molecule has 2 fully saturated rings. The number of fused-ring (bicyclic) bond motifs is 1. The van der Waals surface area contributed by atoms with Gasteiger partial charge in [-0.1, -0.05) is 46.8 Å². The van der Waals surface area contributed by atoms with Gasteiger partial charge in [-0.15, -0.1) is 11.3 Å². The topological polar surface area (TPSA) is 82.6 Å². The second-order valence-corrected chi connectivity index (χ2v) is 18.7. The maximum Gasteiger partial charge on any atom is 0.229 e. The molecule has 1 atom stereocenters. The Morgan fingerprint density at radius 3 is 2.38 bits per heavy atom. The molecule has 8 nitrogen and oxygen atoms in total. The lowest BCUT2D eigenvalue weighted by molar-refractivity contribution is 0.208. The van der Waals surface area contributed by atoms with Crippen molar-refractivity contribution < 1.29 is 9.30 Å². The molecular formula is C35H47N6O2PS. The van der Waals surface area contributed by atoms with E-state index in [4.69, 9.17) is 14.7 Å². The summed E-state index contributed by atoms with van der Waals surface area (Å²) in [6, 6.07) is 17.0. The van der Waals surface area contributed by atoms with Crippen molar-refractivity contribution in [3.63, 3.8) is 0 Å². The third-order valence-corrected chi connectivity index (χ3v) is 14.9. The second-order valence-electron chi connectivity index (χ2n) is 13.6. The number of methoxy groups -OCH3 is 1. The van der Waals surface area contributed by atoms with Gasteiger partial charge >= 0.3 is 0 Å². The monoisotopic (exact) mass is 646 g/mol. The average molecular weight is 647 g/mol. The van der Waals surface area contributed by atoms with Crippen molar-refractivity contribution >= 4 is 62.8 Å². The lowest BCUT2D eigenvalue weighted by Gasteiger charge is -2.38. The lowest BCUT2D eigenvalue weighted by atomic mass is 10.0. The van der Waals surface area contributed by atoms with Crippen molar-refractivity contribution in [1.29, 1.82) is 0 Å². The van der Waals surface area contributed by atoms with Crippen molar-refractivity contribution in [3.8, 4) is 5.75 Å². The predicted molar refractivity (Wildman–Crippen MR) is 192 cm³/mol. The zero-order valence-corrected chi connectivity index (χ0v) is 29.2. The molecule has 0 aliphatic carbocycles. The van der Waals surface area contributed by atoms with Crippen LogP contribution in [0.15, 0.2) is 53.9 Å². The maximum atomic E-state index is 14.7. The second kappa shape index (κ2) is 12.9. The first kappa shape index (κ1) is 31.8. The van der Waals surface area contributed by atoms with Gasteiger partial charge in [0, 0.05) is 47.0 Å². The molecule has 45 heavy (non-hydrogen) atoms. The van der Waals surface area contributed by atoms with Crippen LogP contribution in [0.2, 0.25) is 0 Å². The fraction of sp³-hybridized carbons (Fsp3) is 0.486. The Bertz CT molecular complexity index is 1690. The number of nitrogens with one attached hydrogen (secondary N) is 2. The molecule has 10 heteroatoms. The first-order valence-corrected chi connectivity index (χ1v) is 18.9. The van der Waals surface area contributed by atoms with Gasteiger partial charge in [-0.2, -0.15) is 4.98 Å². The summed E-state index contributed by atoms with van der Waals surface area (Å²) in [5, 5.41) is 9.49. The lowest BCUT2D eigenvalue weighted by Crippen LogP contribution is -2.43. The van der Waals surface area contributed by atoms with E-state index in [0.717, 1.165) is 51.8 Å². The maximum absolute atomic E-state index is 14.7. The van der Waals surface area contributed by atoms with E-state index in [1.54, 1.807) is 18.4 Å². The number of rotatable bonds is 9. The minimum absolute atomic E-state index is 0.00305. The number of para-hydroxylation sites is 1. The van der Waals surface area contributed by atoms with Crippen LogP contribution in [0.3, 0.4) is 0 Å². The Kier molecular flexibility index (Phi) is 9.15. The molecule has 0 radical (unpaired) electrons. The predicted octanol–water partition coefficient (Wildman–Crippen LogP) is 8.45. The Morgan fingerprint density at radius 1 is 0.956 bits per heavy atom. The van der Waals surface area contributed by atoms with Crippen molar-refractivity contribution in [2.75, 3.05) is 48.8 Å². The Hall–Kier alpha value is -3.13. The minimum Gasteiger partial charge on any atom is -0.494 e. The molecule has 6 rings (SSSR count). The molecule has 2 aromatic carbocycles. The van der Waals surface area contributed by atoms with Crippen LogP contribution in [0, 0.1) is 0 Å². The van der Waals surface area contributed by atoms with Gasteiger partial charge in [0.05, 0.1) is 28.7 Å². The first-order valence-electron chi connectivity index (χ1n) is 16.2. The summed E-state index contributed by atoms with van der Waals surface area (Å²) in [4.78, 5) is 14.9. The third kappa shape index (κ3) is 6.32. The molecule has 0 spiro atoms. The number of aromatic nitrogens is 2. The number of thiophene rings is 1. The molecule has 2 saturated heterocycles. The van der Waals surface area contributed by atoms with Crippen molar-refractivity contribution in [1.82, 2.24) is 14.9 Å². The van der Waals surface area contributed by atoms with Crippen LogP contribution in [0.4, 0.5) is 28.8 Å². The number of hydrogen-bond donors (Lipinski definition) is 2. The van der Waals surface area contributed by atoms with Gasteiger partial charge in [-0.05, 0) is 74.5 Å². The van der Waals surface area contributed by atoms with Crippen LogP contribution in [0.25, 0.3) is 10.2 Å². The molecule has 0 amide bonds. The van der Waals surface area contributed by atoms with Crippen LogP contribution in [-0.4, -0.2) is 65.0 Å². The number of nitrogens with zero attached hydrogens (tertiary/aromatic N) is 4. The molecule has 0 bridgehead atoms. The summed E-state index contributed by atoms with van der Waals surface area (Å²) >= 11 is 1.59. The SMILES string of the molecule is COc1cc(N2CCC(N3CCCC3)CC2)ccc1Nc1nc(Nc2ccccc2P(=O)(C(C)C)C(C)(C)C)c2sccc2n1. The molecule has 4 heterocycles. The van der Waals surface area contributed by atoms with Crippen molar-refractivity contribution in [2.45, 2.75) is 77.2 Å². The smallest absolute Gasteiger partial charge is 0.229 e.